The second kappa shape index (κ2) is 4.65. The molecule has 1 aromatic rings. The quantitative estimate of drug-likeness (QED) is 0.711. The van der Waals surface area contributed by atoms with Crippen molar-refractivity contribution < 1.29 is 9.09 Å². The Morgan fingerprint density at radius 2 is 1.93 bits per heavy atom. The van der Waals surface area contributed by atoms with Crippen LogP contribution in [0, 0.1) is 6.92 Å². The maximum atomic E-state index is 12.0. The molecular formula is C11H17O2P. The molecule has 0 aliphatic heterocycles. The molecule has 0 saturated carbocycles. The van der Waals surface area contributed by atoms with Gasteiger partial charge in [0, 0.05) is 12.3 Å². The lowest BCUT2D eigenvalue weighted by Crippen LogP contribution is -1.98. The third-order valence-corrected chi connectivity index (χ3v) is 4.70. The van der Waals surface area contributed by atoms with Crippen LogP contribution in [0.1, 0.15) is 19.4 Å². The molecular weight excluding hydrogens is 195 g/mol. The van der Waals surface area contributed by atoms with Crippen LogP contribution in [0.5, 0.6) is 5.75 Å². The lowest BCUT2D eigenvalue weighted by Gasteiger charge is -2.16. The number of rotatable bonds is 4. The van der Waals surface area contributed by atoms with Gasteiger partial charge in [-0.05, 0) is 24.6 Å². The van der Waals surface area contributed by atoms with E-state index in [0.29, 0.717) is 12.3 Å². The van der Waals surface area contributed by atoms with E-state index in [2.05, 4.69) is 0 Å². The Balaban J connectivity index is 2.83. The number of benzene rings is 1. The minimum Gasteiger partial charge on any atom is -0.443 e. The van der Waals surface area contributed by atoms with Crippen LogP contribution in [0.4, 0.5) is 0 Å². The minimum absolute atomic E-state index is 0.595. The zero-order chi connectivity index (χ0) is 10.6. The highest BCUT2D eigenvalue weighted by molar-refractivity contribution is 7.59. The van der Waals surface area contributed by atoms with E-state index in [0.717, 1.165) is 11.3 Å². The molecule has 0 bridgehead atoms. The summed E-state index contributed by atoms with van der Waals surface area (Å²) in [5.41, 5.74) is 1.13. The number of hydrogen-bond acceptors (Lipinski definition) is 2. The Morgan fingerprint density at radius 3 is 2.43 bits per heavy atom. The second-order valence-corrected chi connectivity index (χ2v) is 6.43. The van der Waals surface area contributed by atoms with Crippen molar-refractivity contribution in [3.05, 3.63) is 29.8 Å². The van der Waals surface area contributed by atoms with Crippen molar-refractivity contribution in [1.29, 1.82) is 0 Å². The highest BCUT2D eigenvalue weighted by Gasteiger charge is 2.18. The molecule has 0 N–H and O–H groups in total. The molecule has 0 radical (unpaired) electrons. The molecule has 3 heteroatoms. The van der Waals surface area contributed by atoms with Crippen LogP contribution in [0.25, 0.3) is 0 Å². The van der Waals surface area contributed by atoms with Crippen LogP contribution >= 0.6 is 7.37 Å². The van der Waals surface area contributed by atoms with Gasteiger partial charge in [-0.3, -0.25) is 4.57 Å². The van der Waals surface area contributed by atoms with Crippen molar-refractivity contribution in [2.45, 2.75) is 20.8 Å². The van der Waals surface area contributed by atoms with Gasteiger partial charge in [-0.2, -0.15) is 0 Å². The summed E-state index contributed by atoms with van der Waals surface area (Å²) in [6.45, 7) is 5.80. The highest BCUT2D eigenvalue weighted by Crippen LogP contribution is 2.46. The van der Waals surface area contributed by atoms with E-state index in [4.69, 9.17) is 4.52 Å². The Bertz CT molecular complexity index is 339. The SMILES string of the molecule is CCP(=O)(CC)Oc1cccc(C)c1. The molecule has 0 fully saturated rings. The summed E-state index contributed by atoms with van der Waals surface area (Å²) in [7, 11) is -2.42. The molecule has 0 aliphatic carbocycles. The molecule has 78 valence electrons. The third kappa shape index (κ3) is 2.88. The van der Waals surface area contributed by atoms with E-state index < -0.39 is 7.37 Å². The van der Waals surface area contributed by atoms with E-state index in [-0.39, 0.29) is 0 Å². The van der Waals surface area contributed by atoms with Crippen LogP contribution < -0.4 is 4.52 Å². The number of hydrogen-bond donors (Lipinski definition) is 0. The first-order valence-corrected chi connectivity index (χ1v) is 6.93. The van der Waals surface area contributed by atoms with Gasteiger partial charge in [-0.25, -0.2) is 0 Å². The first-order valence-electron chi connectivity index (χ1n) is 4.94. The first kappa shape index (κ1) is 11.3. The van der Waals surface area contributed by atoms with Crippen LogP contribution in [0.2, 0.25) is 0 Å². The van der Waals surface area contributed by atoms with Crippen molar-refractivity contribution in [3.8, 4) is 5.75 Å². The summed E-state index contributed by atoms with van der Waals surface area (Å²) in [4.78, 5) is 0. The van der Waals surface area contributed by atoms with Crippen molar-refractivity contribution in [3.63, 3.8) is 0 Å². The van der Waals surface area contributed by atoms with Gasteiger partial charge in [0.2, 0.25) is 7.37 Å². The monoisotopic (exact) mass is 212 g/mol. The van der Waals surface area contributed by atoms with Gasteiger partial charge in [0.1, 0.15) is 5.75 Å². The molecule has 2 nitrogen and oxygen atoms in total. The summed E-state index contributed by atoms with van der Waals surface area (Å²) in [5.74, 6) is 0.719. The fraction of sp³-hybridized carbons (Fsp3) is 0.455. The Hall–Kier alpha value is -0.750. The third-order valence-electron chi connectivity index (χ3n) is 2.22. The fourth-order valence-electron chi connectivity index (χ4n) is 1.22. The second-order valence-electron chi connectivity index (χ2n) is 3.35. The first-order chi connectivity index (χ1) is 6.59. The molecule has 0 aromatic heterocycles. The van der Waals surface area contributed by atoms with Crippen molar-refractivity contribution in [2.75, 3.05) is 12.3 Å². The molecule has 0 atom stereocenters. The molecule has 1 rings (SSSR count). The van der Waals surface area contributed by atoms with E-state index in [1.54, 1.807) is 0 Å². The molecule has 0 heterocycles. The topological polar surface area (TPSA) is 26.3 Å². The van der Waals surface area contributed by atoms with Gasteiger partial charge < -0.3 is 4.52 Å². The van der Waals surface area contributed by atoms with Crippen molar-refractivity contribution in [2.24, 2.45) is 0 Å². The van der Waals surface area contributed by atoms with Gasteiger partial charge in [-0.1, -0.05) is 26.0 Å². The highest BCUT2D eigenvalue weighted by atomic mass is 31.2. The Labute approximate surface area is 85.7 Å². The van der Waals surface area contributed by atoms with Crippen molar-refractivity contribution in [1.82, 2.24) is 0 Å². The smallest absolute Gasteiger partial charge is 0.247 e. The summed E-state index contributed by atoms with van der Waals surface area (Å²) in [5, 5.41) is 0. The maximum Gasteiger partial charge on any atom is 0.247 e. The van der Waals surface area contributed by atoms with E-state index in [1.165, 1.54) is 0 Å². The maximum absolute atomic E-state index is 12.0. The van der Waals surface area contributed by atoms with Gasteiger partial charge in [0.25, 0.3) is 0 Å². The van der Waals surface area contributed by atoms with E-state index in [1.807, 2.05) is 45.0 Å². The molecule has 0 amide bonds. The van der Waals surface area contributed by atoms with E-state index in [9.17, 15) is 4.57 Å². The van der Waals surface area contributed by atoms with Gasteiger partial charge >= 0.3 is 0 Å². The summed E-state index contributed by atoms with van der Waals surface area (Å²) in [6.07, 6.45) is 1.19. The normalized spacial score (nSPS) is 11.4. The zero-order valence-electron chi connectivity index (χ0n) is 8.99. The summed E-state index contributed by atoms with van der Waals surface area (Å²) >= 11 is 0. The standard InChI is InChI=1S/C11H17O2P/c1-4-14(12,5-2)13-11-8-6-7-10(3)9-11/h6-9H,4-5H2,1-3H3. The average Bonchev–Trinajstić information content (AvgIpc) is 2.18. The fourth-order valence-corrected chi connectivity index (χ4v) is 2.42. The minimum atomic E-state index is -2.42. The average molecular weight is 212 g/mol. The molecule has 14 heavy (non-hydrogen) atoms. The molecule has 0 saturated heterocycles. The molecule has 0 spiro atoms. The van der Waals surface area contributed by atoms with Gasteiger partial charge in [0.05, 0.1) is 0 Å². The predicted octanol–water partition coefficient (Wildman–Crippen LogP) is 3.69. The van der Waals surface area contributed by atoms with Gasteiger partial charge in [0.15, 0.2) is 0 Å². The molecule has 0 aliphatic rings. The van der Waals surface area contributed by atoms with E-state index >= 15 is 0 Å². The van der Waals surface area contributed by atoms with Crippen LogP contribution in [0.3, 0.4) is 0 Å². The largest absolute Gasteiger partial charge is 0.443 e. The van der Waals surface area contributed by atoms with Gasteiger partial charge in [-0.15, -0.1) is 0 Å². The van der Waals surface area contributed by atoms with Crippen molar-refractivity contribution >= 4 is 7.37 Å². The lowest BCUT2D eigenvalue weighted by molar-refractivity contribution is 0.483. The predicted molar refractivity (Wildman–Crippen MR) is 60.5 cm³/mol. The summed E-state index contributed by atoms with van der Waals surface area (Å²) in [6, 6.07) is 7.68. The summed E-state index contributed by atoms with van der Waals surface area (Å²) < 4.78 is 17.5. The number of aryl methyl sites for hydroxylation is 1. The Kier molecular flexibility index (Phi) is 3.77. The zero-order valence-corrected chi connectivity index (χ0v) is 9.88. The Morgan fingerprint density at radius 1 is 1.29 bits per heavy atom. The van der Waals surface area contributed by atoms with Crippen LogP contribution in [-0.2, 0) is 4.57 Å². The van der Waals surface area contributed by atoms with Crippen LogP contribution in [-0.4, -0.2) is 12.3 Å². The van der Waals surface area contributed by atoms with Crippen LogP contribution in [0.15, 0.2) is 24.3 Å². The molecule has 0 unspecified atom stereocenters. The molecule has 1 aromatic carbocycles. The lowest BCUT2D eigenvalue weighted by atomic mass is 10.2.